The molecule has 0 saturated heterocycles. The van der Waals surface area contributed by atoms with Crippen molar-refractivity contribution in [2.75, 3.05) is 26.7 Å². The molecule has 0 unspecified atom stereocenters. The number of hydrogen-bond acceptors (Lipinski definition) is 3. The number of amides is 2. The highest BCUT2D eigenvalue weighted by atomic mass is 16.5. The van der Waals surface area contributed by atoms with Gasteiger partial charge in [0, 0.05) is 37.6 Å². The van der Waals surface area contributed by atoms with Crippen LogP contribution in [0.15, 0.2) is 54.9 Å². The van der Waals surface area contributed by atoms with Crippen LogP contribution in [0.25, 0.3) is 16.6 Å². The monoisotopic (exact) mass is 376 g/mol. The zero-order valence-corrected chi connectivity index (χ0v) is 15.9. The summed E-state index contributed by atoms with van der Waals surface area (Å²) in [5, 5.41) is 3.02. The van der Waals surface area contributed by atoms with E-state index in [4.69, 9.17) is 4.74 Å². The van der Waals surface area contributed by atoms with E-state index in [9.17, 15) is 4.79 Å². The Labute approximate surface area is 164 Å². The van der Waals surface area contributed by atoms with Crippen molar-refractivity contribution in [3.63, 3.8) is 0 Å². The van der Waals surface area contributed by atoms with E-state index < -0.39 is 0 Å². The molecule has 0 aliphatic carbocycles. The number of methoxy groups -OCH3 is 1. The van der Waals surface area contributed by atoms with E-state index in [1.165, 1.54) is 11.1 Å². The smallest absolute Gasteiger partial charge is 0.317 e. The lowest BCUT2D eigenvalue weighted by atomic mass is 10.0. The van der Waals surface area contributed by atoms with Crippen molar-refractivity contribution in [3.05, 3.63) is 66.0 Å². The zero-order chi connectivity index (χ0) is 19.3. The molecule has 0 saturated carbocycles. The Morgan fingerprint density at radius 3 is 2.89 bits per heavy atom. The van der Waals surface area contributed by atoms with Gasteiger partial charge in [0.15, 0.2) is 0 Å². The molecule has 6 nitrogen and oxygen atoms in total. The van der Waals surface area contributed by atoms with E-state index in [2.05, 4.69) is 21.4 Å². The largest absolute Gasteiger partial charge is 0.497 e. The van der Waals surface area contributed by atoms with Crippen molar-refractivity contribution in [1.29, 1.82) is 0 Å². The van der Waals surface area contributed by atoms with Crippen molar-refractivity contribution >= 4 is 22.6 Å². The van der Waals surface area contributed by atoms with Crippen LogP contribution in [0.4, 0.5) is 4.79 Å². The van der Waals surface area contributed by atoms with Gasteiger partial charge in [-0.05, 0) is 48.2 Å². The van der Waals surface area contributed by atoms with Crippen molar-refractivity contribution in [2.45, 2.75) is 12.8 Å². The molecule has 1 aliphatic heterocycles. The third-order valence-corrected chi connectivity index (χ3v) is 5.13. The molecule has 0 radical (unpaired) electrons. The highest BCUT2D eigenvalue weighted by molar-refractivity contribution is 5.90. The lowest BCUT2D eigenvalue weighted by Crippen LogP contribution is -2.42. The quantitative estimate of drug-likeness (QED) is 0.715. The van der Waals surface area contributed by atoms with Crippen molar-refractivity contribution in [1.82, 2.24) is 20.2 Å². The average molecular weight is 376 g/mol. The highest BCUT2D eigenvalue weighted by Crippen LogP contribution is 2.27. The van der Waals surface area contributed by atoms with E-state index in [0.717, 1.165) is 35.2 Å². The van der Waals surface area contributed by atoms with E-state index in [1.54, 1.807) is 7.11 Å². The van der Waals surface area contributed by atoms with E-state index in [1.807, 2.05) is 53.7 Å². The van der Waals surface area contributed by atoms with Gasteiger partial charge in [0.25, 0.3) is 0 Å². The third-order valence-electron chi connectivity index (χ3n) is 5.13. The Morgan fingerprint density at radius 1 is 1.29 bits per heavy atom. The lowest BCUT2D eigenvalue weighted by molar-refractivity contribution is 0.203. The second kappa shape index (κ2) is 8.17. The van der Waals surface area contributed by atoms with Crippen LogP contribution >= 0.6 is 0 Å². The first-order valence-electron chi connectivity index (χ1n) is 9.52. The normalized spacial score (nSPS) is 14.0. The first-order chi connectivity index (χ1) is 13.7. The number of nitrogens with one attached hydrogen (secondary N) is 2. The first-order valence-corrected chi connectivity index (χ1v) is 9.52. The number of carbonyl (C=O) groups is 1. The molecule has 2 N–H and O–H groups in total. The van der Waals surface area contributed by atoms with Gasteiger partial charge in [-0.25, -0.2) is 4.79 Å². The number of nitrogens with zero attached hydrogens (tertiary/aromatic N) is 2. The highest BCUT2D eigenvalue weighted by Gasteiger charge is 2.19. The standard InChI is InChI=1S/C22H24N4O2/c1-28-18-6-4-16(5-7-18)8-12-24-22(27)26-13-9-17(10-14-26)19-15-25-20-3-2-11-23-21(19)20/h2-7,9,11,15,25H,8,10,12-14H2,1H3,(H,24,27). The van der Waals surface area contributed by atoms with Gasteiger partial charge in [0.05, 0.1) is 18.1 Å². The summed E-state index contributed by atoms with van der Waals surface area (Å²) >= 11 is 0. The molecule has 28 heavy (non-hydrogen) atoms. The summed E-state index contributed by atoms with van der Waals surface area (Å²) in [5.74, 6) is 0.842. The van der Waals surface area contributed by atoms with Crippen molar-refractivity contribution in [2.24, 2.45) is 0 Å². The zero-order valence-electron chi connectivity index (χ0n) is 15.9. The van der Waals surface area contributed by atoms with Crippen LogP contribution in [0.2, 0.25) is 0 Å². The van der Waals surface area contributed by atoms with Crippen LogP contribution in [0.5, 0.6) is 5.75 Å². The maximum absolute atomic E-state index is 12.4. The van der Waals surface area contributed by atoms with Crippen molar-refractivity contribution < 1.29 is 9.53 Å². The van der Waals surface area contributed by atoms with Crippen LogP contribution in [0.3, 0.4) is 0 Å². The molecule has 1 aromatic carbocycles. The second-order valence-corrected chi connectivity index (χ2v) is 6.86. The molecule has 0 atom stereocenters. The minimum atomic E-state index is -0.0131. The number of pyridine rings is 1. The average Bonchev–Trinajstić information content (AvgIpc) is 3.18. The Kier molecular flexibility index (Phi) is 5.28. The van der Waals surface area contributed by atoms with E-state index in [-0.39, 0.29) is 6.03 Å². The van der Waals surface area contributed by atoms with Gasteiger partial charge in [-0.1, -0.05) is 18.2 Å². The molecule has 3 aromatic rings. The second-order valence-electron chi connectivity index (χ2n) is 6.86. The number of rotatable bonds is 5. The summed E-state index contributed by atoms with van der Waals surface area (Å²) in [6, 6.07) is 11.9. The number of ether oxygens (including phenoxy) is 1. The summed E-state index contributed by atoms with van der Waals surface area (Å²) in [5.41, 5.74) is 5.58. The van der Waals surface area contributed by atoms with E-state index >= 15 is 0 Å². The molecule has 3 heterocycles. The number of hydrogen-bond donors (Lipinski definition) is 2. The number of H-pyrrole nitrogens is 1. The molecule has 6 heteroatoms. The predicted molar refractivity (Wildman–Crippen MR) is 110 cm³/mol. The van der Waals surface area contributed by atoms with Gasteiger partial charge in [0.1, 0.15) is 5.75 Å². The van der Waals surface area contributed by atoms with Crippen LogP contribution in [-0.2, 0) is 6.42 Å². The van der Waals surface area contributed by atoms with Crippen LogP contribution in [-0.4, -0.2) is 47.6 Å². The SMILES string of the molecule is COc1ccc(CCNC(=O)N2CC=C(c3c[nH]c4cccnc34)CC2)cc1. The van der Waals surface area contributed by atoms with Gasteiger partial charge in [0.2, 0.25) is 0 Å². The molecule has 1 aliphatic rings. The van der Waals surface area contributed by atoms with Crippen molar-refractivity contribution in [3.8, 4) is 5.75 Å². The Bertz CT molecular complexity index is 991. The molecular weight excluding hydrogens is 352 g/mol. The van der Waals surface area contributed by atoms with Gasteiger partial charge < -0.3 is 19.9 Å². The third kappa shape index (κ3) is 3.86. The predicted octanol–water partition coefficient (Wildman–Crippen LogP) is 3.61. The fourth-order valence-electron chi connectivity index (χ4n) is 3.52. The van der Waals surface area contributed by atoms with Crippen LogP contribution in [0, 0.1) is 0 Å². The minimum absolute atomic E-state index is 0.0131. The molecule has 144 valence electrons. The molecule has 0 spiro atoms. The Hall–Kier alpha value is -3.28. The maximum Gasteiger partial charge on any atom is 0.317 e. The number of fused-ring (bicyclic) bond motifs is 1. The first kappa shape index (κ1) is 18.1. The number of benzene rings is 1. The van der Waals surface area contributed by atoms with Gasteiger partial charge in [-0.3, -0.25) is 4.98 Å². The molecule has 2 amide bonds. The Balaban J connectivity index is 1.30. The van der Waals surface area contributed by atoms with Crippen LogP contribution in [0.1, 0.15) is 17.5 Å². The van der Waals surface area contributed by atoms with E-state index in [0.29, 0.717) is 19.6 Å². The van der Waals surface area contributed by atoms with Gasteiger partial charge in [-0.2, -0.15) is 0 Å². The van der Waals surface area contributed by atoms with Gasteiger partial charge >= 0.3 is 6.03 Å². The molecule has 0 bridgehead atoms. The molecular formula is C22H24N4O2. The fourth-order valence-corrected chi connectivity index (χ4v) is 3.52. The number of urea groups is 1. The Morgan fingerprint density at radius 2 is 2.14 bits per heavy atom. The fraction of sp³-hybridized carbons (Fsp3) is 0.273. The molecule has 0 fully saturated rings. The number of aromatic amines is 1. The topological polar surface area (TPSA) is 70.2 Å². The van der Waals surface area contributed by atoms with Gasteiger partial charge in [-0.15, -0.1) is 0 Å². The van der Waals surface area contributed by atoms with Crippen LogP contribution < -0.4 is 10.1 Å². The number of aromatic nitrogens is 2. The molecule has 4 rings (SSSR count). The molecule has 2 aromatic heterocycles. The summed E-state index contributed by atoms with van der Waals surface area (Å²) in [6.45, 7) is 1.94. The lowest BCUT2D eigenvalue weighted by Gasteiger charge is -2.26. The number of carbonyl (C=O) groups excluding carboxylic acids is 1. The summed E-state index contributed by atoms with van der Waals surface area (Å²) < 4.78 is 5.16. The maximum atomic E-state index is 12.4. The summed E-state index contributed by atoms with van der Waals surface area (Å²) in [6.07, 6.45) is 7.57. The minimum Gasteiger partial charge on any atom is -0.497 e. The summed E-state index contributed by atoms with van der Waals surface area (Å²) in [4.78, 5) is 22.0. The summed E-state index contributed by atoms with van der Waals surface area (Å²) in [7, 11) is 1.66.